The molecule has 1 unspecified atom stereocenters. The second-order valence-electron chi connectivity index (χ2n) is 10.2. The molecule has 0 spiro atoms. The standard InChI is InChI=1S/C25H34BrN5O5/c1-25(2,3)36-24(33)30-10-7-14(8-11-30)16-6-9-28-23-19(22(27)32)21(29-31(16)23)15-12-17(34-4)20(26)18(13-15)35-5/h12-14,16,28H,6-11H2,1-5H3,(H2,27,32). The number of halogens is 1. The highest BCUT2D eigenvalue weighted by Gasteiger charge is 2.37. The van der Waals surface area contributed by atoms with Gasteiger partial charge in [-0.3, -0.25) is 4.79 Å². The lowest BCUT2D eigenvalue weighted by Gasteiger charge is -2.38. The Labute approximate surface area is 219 Å². The van der Waals surface area contributed by atoms with Crippen LogP contribution in [0.2, 0.25) is 0 Å². The monoisotopic (exact) mass is 563 g/mol. The maximum Gasteiger partial charge on any atom is 0.410 e. The van der Waals surface area contributed by atoms with Gasteiger partial charge in [-0.05, 0) is 74.0 Å². The zero-order chi connectivity index (χ0) is 26.2. The lowest BCUT2D eigenvalue weighted by atomic mass is 9.87. The summed E-state index contributed by atoms with van der Waals surface area (Å²) in [4.78, 5) is 26.9. The molecule has 196 valence electrons. The number of fused-ring (bicyclic) bond motifs is 1. The molecule has 3 heterocycles. The van der Waals surface area contributed by atoms with Gasteiger partial charge >= 0.3 is 6.09 Å². The molecule has 10 nitrogen and oxygen atoms in total. The molecule has 0 saturated carbocycles. The third-order valence-electron chi connectivity index (χ3n) is 6.66. The zero-order valence-corrected chi connectivity index (χ0v) is 23.0. The highest BCUT2D eigenvalue weighted by atomic mass is 79.9. The van der Waals surface area contributed by atoms with Crippen LogP contribution in [0.4, 0.5) is 10.6 Å². The number of anilines is 1. The molecule has 0 aliphatic carbocycles. The Morgan fingerprint density at radius 1 is 1.11 bits per heavy atom. The Morgan fingerprint density at radius 2 is 1.72 bits per heavy atom. The van der Waals surface area contributed by atoms with Crippen LogP contribution in [0.1, 0.15) is 56.4 Å². The summed E-state index contributed by atoms with van der Waals surface area (Å²) in [7, 11) is 3.13. The van der Waals surface area contributed by atoms with Crippen LogP contribution in [0.15, 0.2) is 16.6 Å². The molecule has 2 aromatic rings. The smallest absolute Gasteiger partial charge is 0.410 e. The van der Waals surface area contributed by atoms with Gasteiger partial charge in [0.25, 0.3) is 5.91 Å². The highest BCUT2D eigenvalue weighted by Crippen LogP contribution is 2.43. The van der Waals surface area contributed by atoms with Crippen molar-refractivity contribution < 1.29 is 23.8 Å². The molecule has 1 fully saturated rings. The fraction of sp³-hybridized carbons (Fsp3) is 0.560. The van der Waals surface area contributed by atoms with Crippen molar-refractivity contribution in [2.45, 2.75) is 51.7 Å². The number of benzene rings is 1. The first-order valence-corrected chi connectivity index (χ1v) is 12.9. The second-order valence-corrected chi connectivity index (χ2v) is 11.0. The second kappa shape index (κ2) is 10.2. The van der Waals surface area contributed by atoms with Crippen molar-refractivity contribution >= 4 is 33.7 Å². The van der Waals surface area contributed by atoms with Gasteiger partial charge in [0, 0.05) is 25.2 Å². The van der Waals surface area contributed by atoms with Crippen molar-refractivity contribution in [2.24, 2.45) is 11.7 Å². The number of hydrogen-bond acceptors (Lipinski definition) is 7. The lowest BCUT2D eigenvalue weighted by molar-refractivity contribution is 0.0157. The van der Waals surface area contributed by atoms with Crippen LogP contribution in [0, 0.1) is 5.92 Å². The predicted octanol–water partition coefficient (Wildman–Crippen LogP) is 4.43. The molecule has 2 amide bonds. The Balaban J connectivity index is 1.64. The van der Waals surface area contributed by atoms with E-state index < -0.39 is 11.5 Å². The number of ether oxygens (including phenoxy) is 3. The Hall–Kier alpha value is -2.95. The molecule has 4 rings (SSSR count). The van der Waals surface area contributed by atoms with Gasteiger partial charge in [-0.2, -0.15) is 5.10 Å². The number of nitrogens with zero attached hydrogens (tertiary/aromatic N) is 3. The number of amides is 2. The van der Waals surface area contributed by atoms with Crippen LogP contribution >= 0.6 is 15.9 Å². The van der Waals surface area contributed by atoms with Crippen LogP contribution in [-0.2, 0) is 4.74 Å². The number of likely N-dealkylation sites (tertiary alicyclic amines) is 1. The largest absolute Gasteiger partial charge is 0.495 e. The van der Waals surface area contributed by atoms with E-state index in [9.17, 15) is 9.59 Å². The topological polar surface area (TPSA) is 121 Å². The number of nitrogens with two attached hydrogens (primary N) is 1. The Bertz CT molecular complexity index is 1130. The number of aromatic nitrogens is 2. The lowest BCUT2D eigenvalue weighted by Crippen LogP contribution is -2.43. The van der Waals surface area contributed by atoms with Crippen molar-refractivity contribution in [2.75, 3.05) is 39.2 Å². The number of carbonyl (C=O) groups is 2. The quantitative estimate of drug-likeness (QED) is 0.551. The average molecular weight is 564 g/mol. The number of piperidine rings is 1. The minimum atomic E-state index is -0.556. The molecule has 0 bridgehead atoms. The third-order valence-corrected chi connectivity index (χ3v) is 7.44. The van der Waals surface area contributed by atoms with Crippen LogP contribution in [0.3, 0.4) is 0 Å². The van der Waals surface area contributed by atoms with Gasteiger partial charge in [0.1, 0.15) is 38.6 Å². The van der Waals surface area contributed by atoms with Crippen LogP contribution in [0.5, 0.6) is 11.5 Å². The number of nitrogens with one attached hydrogen (secondary N) is 1. The van der Waals surface area contributed by atoms with Crippen molar-refractivity contribution in [1.82, 2.24) is 14.7 Å². The summed E-state index contributed by atoms with van der Waals surface area (Å²) in [5.74, 6) is 1.49. The summed E-state index contributed by atoms with van der Waals surface area (Å²) >= 11 is 3.49. The summed E-state index contributed by atoms with van der Waals surface area (Å²) < 4.78 is 19.1. The first kappa shape index (κ1) is 26.1. The van der Waals surface area contributed by atoms with E-state index in [-0.39, 0.29) is 12.1 Å². The normalized spacial score (nSPS) is 18.3. The number of rotatable bonds is 5. The number of carbonyl (C=O) groups excluding carboxylic acids is 2. The fourth-order valence-electron chi connectivity index (χ4n) is 4.97. The molecule has 2 aliphatic heterocycles. The molecule has 3 N–H and O–H groups in total. The van der Waals surface area contributed by atoms with E-state index in [1.165, 1.54) is 0 Å². The number of hydrogen-bond donors (Lipinski definition) is 2. The van der Waals surface area contributed by atoms with Crippen LogP contribution in [0.25, 0.3) is 11.3 Å². The van der Waals surface area contributed by atoms with E-state index in [0.717, 1.165) is 19.3 Å². The van der Waals surface area contributed by atoms with Crippen molar-refractivity contribution in [3.05, 3.63) is 22.2 Å². The molecular formula is C25H34BrN5O5. The highest BCUT2D eigenvalue weighted by molar-refractivity contribution is 9.10. The maximum atomic E-state index is 12.6. The zero-order valence-electron chi connectivity index (χ0n) is 21.4. The third kappa shape index (κ3) is 5.11. The van der Waals surface area contributed by atoms with Crippen molar-refractivity contribution in [3.8, 4) is 22.8 Å². The van der Waals surface area contributed by atoms with Crippen LogP contribution < -0.4 is 20.5 Å². The molecule has 1 saturated heterocycles. The van der Waals surface area contributed by atoms with Gasteiger partial charge in [-0.25, -0.2) is 9.48 Å². The van der Waals surface area contributed by atoms with Crippen LogP contribution in [-0.4, -0.2) is 66.1 Å². The SMILES string of the molecule is COc1cc(-c2nn3c(c2C(N)=O)NCCC3C2CCN(C(=O)OC(C)(C)C)CC2)cc(OC)c1Br. The first-order valence-electron chi connectivity index (χ1n) is 12.1. The maximum absolute atomic E-state index is 12.6. The molecule has 11 heteroatoms. The predicted molar refractivity (Wildman–Crippen MR) is 140 cm³/mol. The minimum Gasteiger partial charge on any atom is -0.495 e. The van der Waals surface area contributed by atoms with E-state index in [0.29, 0.717) is 64.2 Å². The molecule has 1 aromatic heterocycles. The summed E-state index contributed by atoms with van der Waals surface area (Å²) in [6.45, 7) is 7.56. The summed E-state index contributed by atoms with van der Waals surface area (Å²) in [6, 6.07) is 3.69. The molecule has 0 radical (unpaired) electrons. The van der Waals surface area contributed by atoms with Crippen molar-refractivity contribution in [3.63, 3.8) is 0 Å². The Kier molecular flexibility index (Phi) is 7.40. The summed E-state index contributed by atoms with van der Waals surface area (Å²) in [5, 5.41) is 8.24. The van der Waals surface area contributed by atoms with E-state index in [4.69, 9.17) is 25.0 Å². The van der Waals surface area contributed by atoms with Gasteiger partial charge in [-0.1, -0.05) is 0 Å². The average Bonchev–Trinajstić information content (AvgIpc) is 3.23. The summed E-state index contributed by atoms with van der Waals surface area (Å²) in [6.07, 6.45) is 2.23. The van der Waals surface area contributed by atoms with E-state index in [1.807, 2.05) is 37.6 Å². The molecule has 1 atom stereocenters. The minimum absolute atomic E-state index is 0.0770. The Morgan fingerprint density at radius 3 is 2.25 bits per heavy atom. The van der Waals surface area contributed by atoms with E-state index >= 15 is 0 Å². The van der Waals surface area contributed by atoms with Gasteiger partial charge in [0.15, 0.2) is 0 Å². The van der Waals surface area contributed by atoms with Gasteiger partial charge in [0.2, 0.25) is 0 Å². The fourth-order valence-corrected chi connectivity index (χ4v) is 5.53. The molecule has 36 heavy (non-hydrogen) atoms. The number of methoxy groups -OCH3 is 2. The van der Waals surface area contributed by atoms with E-state index in [1.54, 1.807) is 19.1 Å². The first-order chi connectivity index (χ1) is 17.0. The van der Waals surface area contributed by atoms with Crippen molar-refractivity contribution in [1.29, 1.82) is 0 Å². The van der Waals surface area contributed by atoms with Gasteiger partial charge < -0.3 is 30.2 Å². The molecule has 2 aliphatic rings. The molecular weight excluding hydrogens is 530 g/mol. The molecule has 1 aromatic carbocycles. The van der Waals surface area contributed by atoms with Gasteiger partial charge in [-0.15, -0.1) is 0 Å². The van der Waals surface area contributed by atoms with E-state index in [2.05, 4.69) is 21.2 Å². The summed E-state index contributed by atoms with van der Waals surface area (Å²) in [5.41, 5.74) is 6.83. The van der Waals surface area contributed by atoms with Gasteiger partial charge in [0.05, 0.1) is 20.3 Å². The number of primary amides is 1.